The zero-order valence-corrected chi connectivity index (χ0v) is 17.7. The molecule has 0 radical (unpaired) electrons. The molecule has 0 aliphatic carbocycles. The summed E-state index contributed by atoms with van der Waals surface area (Å²) in [6.45, 7) is 8.23. The van der Waals surface area contributed by atoms with Crippen LogP contribution in [0, 0.1) is 5.92 Å². The molecule has 1 amide bonds. The Morgan fingerprint density at radius 3 is 2.64 bits per heavy atom. The molecule has 0 spiro atoms. The fraction of sp³-hybridized carbons (Fsp3) is 0.421. The van der Waals surface area contributed by atoms with E-state index in [-0.39, 0.29) is 24.0 Å². The number of thiophene rings is 1. The number of hydrogen-bond donors (Lipinski definition) is 3. The van der Waals surface area contributed by atoms with Gasteiger partial charge in [0, 0.05) is 31.4 Å². The minimum atomic E-state index is -0.148. The van der Waals surface area contributed by atoms with Crippen molar-refractivity contribution in [2.75, 3.05) is 18.0 Å². The number of anilines is 1. The van der Waals surface area contributed by atoms with Crippen LogP contribution in [0.25, 0.3) is 9.53 Å². The van der Waals surface area contributed by atoms with Gasteiger partial charge in [0.25, 0.3) is 5.91 Å². The van der Waals surface area contributed by atoms with Gasteiger partial charge in [-0.25, -0.2) is 15.8 Å². The Hall–Kier alpha value is -2.07. The fourth-order valence-corrected chi connectivity index (χ4v) is 5.68. The highest BCUT2D eigenvalue weighted by molar-refractivity contribution is 7.29. The van der Waals surface area contributed by atoms with E-state index in [0.717, 1.165) is 33.3 Å². The molecule has 3 aromatic rings. The first-order valence-corrected chi connectivity index (χ1v) is 11.1. The second-order valence-corrected chi connectivity index (χ2v) is 8.85. The van der Waals surface area contributed by atoms with Gasteiger partial charge >= 0.3 is 0 Å². The highest BCUT2D eigenvalue weighted by Crippen LogP contribution is 2.35. The third kappa shape index (κ3) is 3.62. The molecule has 3 unspecified atom stereocenters. The maximum absolute atomic E-state index is 12.8. The minimum Gasteiger partial charge on any atom is -0.349 e. The summed E-state index contributed by atoms with van der Waals surface area (Å²) in [5, 5.41) is 4.13. The van der Waals surface area contributed by atoms with E-state index in [1.54, 1.807) is 23.7 Å². The van der Waals surface area contributed by atoms with E-state index in [1.165, 1.54) is 11.3 Å². The molecule has 3 aromatic heterocycles. The number of nitrogens with zero attached hydrogens (tertiary/aromatic N) is 3. The molecule has 1 saturated heterocycles. The van der Waals surface area contributed by atoms with Gasteiger partial charge < -0.3 is 10.2 Å². The van der Waals surface area contributed by atoms with Gasteiger partial charge in [-0.1, -0.05) is 18.3 Å². The number of hydrazine groups is 1. The maximum Gasteiger partial charge on any atom is 0.262 e. The number of fused-ring (bicyclic) bond motifs is 1. The van der Waals surface area contributed by atoms with E-state index in [4.69, 9.17) is 4.98 Å². The summed E-state index contributed by atoms with van der Waals surface area (Å²) in [5.74, 6) is 0.126. The van der Waals surface area contributed by atoms with Gasteiger partial charge in [0.15, 0.2) is 5.13 Å². The molecular formula is C19H24N6OS2. The van der Waals surface area contributed by atoms with Crippen molar-refractivity contribution in [3.05, 3.63) is 41.0 Å². The lowest BCUT2D eigenvalue weighted by molar-refractivity contribution is 0.0927. The minimum absolute atomic E-state index is 0.0684. The van der Waals surface area contributed by atoms with E-state index in [9.17, 15) is 4.79 Å². The van der Waals surface area contributed by atoms with Crippen LogP contribution in [0.5, 0.6) is 0 Å². The van der Waals surface area contributed by atoms with Gasteiger partial charge in [-0.2, -0.15) is 0 Å². The molecule has 7 nitrogen and oxygen atoms in total. The van der Waals surface area contributed by atoms with Gasteiger partial charge in [-0.05, 0) is 37.6 Å². The number of amides is 1. The van der Waals surface area contributed by atoms with Crippen LogP contribution in [0.4, 0.5) is 5.13 Å². The van der Waals surface area contributed by atoms with Crippen LogP contribution in [0.2, 0.25) is 0 Å². The zero-order chi connectivity index (χ0) is 19.7. The zero-order valence-electron chi connectivity index (χ0n) is 16.1. The van der Waals surface area contributed by atoms with Crippen LogP contribution in [0.1, 0.15) is 42.0 Å². The van der Waals surface area contributed by atoms with E-state index < -0.39 is 0 Å². The molecule has 4 rings (SSSR count). The summed E-state index contributed by atoms with van der Waals surface area (Å²) < 4.78 is 1.07. The quantitative estimate of drug-likeness (QED) is 0.573. The van der Waals surface area contributed by atoms with Crippen LogP contribution >= 0.6 is 22.7 Å². The molecule has 28 heavy (non-hydrogen) atoms. The largest absolute Gasteiger partial charge is 0.349 e. The molecular weight excluding hydrogens is 392 g/mol. The van der Waals surface area contributed by atoms with Crippen LogP contribution in [-0.2, 0) is 0 Å². The Bertz CT molecular complexity index is 920. The fourth-order valence-electron chi connectivity index (χ4n) is 3.44. The second-order valence-electron chi connectivity index (χ2n) is 6.81. The van der Waals surface area contributed by atoms with Gasteiger partial charge in [0.1, 0.15) is 4.83 Å². The standard InChI is InChI=1S/C19H24N6OS2/c1-4-25(5-2)19-22-18-14(28-19)10-13(27-18)17(26)21-16-11(3)15(23-24-16)12-6-8-20-9-7-12/h6-11,15-16,23-24H,4-5H2,1-3H3,(H,21,26). The van der Waals surface area contributed by atoms with Crippen molar-refractivity contribution in [3.63, 3.8) is 0 Å². The summed E-state index contributed by atoms with van der Waals surface area (Å²) in [6.07, 6.45) is 3.42. The number of hydrogen-bond acceptors (Lipinski definition) is 8. The Morgan fingerprint density at radius 2 is 1.96 bits per heavy atom. The summed E-state index contributed by atoms with van der Waals surface area (Å²) in [5.41, 5.74) is 7.63. The van der Waals surface area contributed by atoms with Crippen molar-refractivity contribution in [1.29, 1.82) is 0 Å². The van der Waals surface area contributed by atoms with Gasteiger partial charge in [0.05, 0.1) is 21.8 Å². The summed E-state index contributed by atoms with van der Waals surface area (Å²) in [7, 11) is 0. The van der Waals surface area contributed by atoms with Crippen molar-refractivity contribution < 1.29 is 4.79 Å². The van der Waals surface area contributed by atoms with Crippen molar-refractivity contribution >= 4 is 43.2 Å². The van der Waals surface area contributed by atoms with Crippen LogP contribution in [-0.4, -0.2) is 35.1 Å². The third-order valence-corrected chi connectivity index (χ3v) is 7.35. The molecule has 0 bridgehead atoms. The predicted octanol–water partition coefficient (Wildman–Crippen LogP) is 3.14. The van der Waals surface area contributed by atoms with Crippen LogP contribution in [0.15, 0.2) is 30.6 Å². The number of pyridine rings is 1. The molecule has 0 aromatic carbocycles. The molecule has 9 heteroatoms. The van der Waals surface area contributed by atoms with Crippen molar-refractivity contribution in [2.24, 2.45) is 5.92 Å². The summed E-state index contributed by atoms with van der Waals surface area (Å²) in [4.78, 5) is 25.4. The first-order chi connectivity index (χ1) is 13.6. The molecule has 3 atom stereocenters. The first kappa shape index (κ1) is 19.3. The van der Waals surface area contributed by atoms with Crippen molar-refractivity contribution in [1.82, 2.24) is 26.1 Å². The second kappa shape index (κ2) is 8.12. The SMILES string of the molecule is CCN(CC)c1nc2sc(C(=O)NC3NNC(c4ccncc4)C3C)cc2s1. The van der Waals surface area contributed by atoms with Crippen LogP contribution in [0.3, 0.4) is 0 Å². The summed E-state index contributed by atoms with van der Waals surface area (Å²) in [6, 6.07) is 6.06. The smallest absolute Gasteiger partial charge is 0.262 e. The molecule has 148 valence electrons. The Kier molecular flexibility index (Phi) is 5.58. The molecule has 3 N–H and O–H groups in total. The molecule has 1 aliphatic heterocycles. The molecule has 0 saturated carbocycles. The Labute approximate surface area is 172 Å². The molecule has 4 heterocycles. The first-order valence-electron chi connectivity index (χ1n) is 9.47. The lowest BCUT2D eigenvalue weighted by atomic mass is 9.95. The normalized spacial score (nSPS) is 21.9. The van der Waals surface area contributed by atoms with Crippen LogP contribution < -0.4 is 21.1 Å². The van der Waals surface area contributed by atoms with E-state index in [0.29, 0.717) is 4.88 Å². The average molecular weight is 417 g/mol. The van der Waals surface area contributed by atoms with Gasteiger partial charge in [-0.15, -0.1) is 11.3 Å². The number of nitrogens with one attached hydrogen (secondary N) is 3. The Balaban J connectivity index is 1.44. The number of carbonyl (C=O) groups excluding carboxylic acids is 1. The monoisotopic (exact) mass is 416 g/mol. The maximum atomic E-state index is 12.8. The van der Waals surface area contributed by atoms with Crippen molar-refractivity contribution in [3.8, 4) is 0 Å². The number of aromatic nitrogens is 2. The van der Waals surface area contributed by atoms with Gasteiger partial charge in [-0.3, -0.25) is 9.78 Å². The number of rotatable bonds is 6. The lowest BCUT2D eigenvalue weighted by Crippen LogP contribution is -2.46. The third-order valence-electron chi connectivity index (χ3n) is 5.13. The molecule has 1 fully saturated rings. The highest BCUT2D eigenvalue weighted by Gasteiger charge is 2.34. The van der Waals surface area contributed by atoms with E-state index in [1.807, 2.05) is 18.2 Å². The topological polar surface area (TPSA) is 82.2 Å². The van der Waals surface area contributed by atoms with E-state index >= 15 is 0 Å². The van der Waals surface area contributed by atoms with Gasteiger partial charge in [0.2, 0.25) is 0 Å². The predicted molar refractivity (Wildman–Crippen MR) is 115 cm³/mol. The lowest BCUT2D eigenvalue weighted by Gasteiger charge is -2.19. The number of thiazole rings is 1. The Morgan fingerprint density at radius 1 is 1.21 bits per heavy atom. The number of carbonyl (C=O) groups is 1. The summed E-state index contributed by atoms with van der Waals surface area (Å²) >= 11 is 3.10. The average Bonchev–Trinajstić information content (AvgIpc) is 3.38. The molecule has 1 aliphatic rings. The van der Waals surface area contributed by atoms with Crippen molar-refractivity contribution in [2.45, 2.75) is 33.0 Å². The highest BCUT2D eigenvalue weighted by atomic mass is 32.1. The van der Waals surface area contributed by atoms with E-state index in [2.05, 4.69) is 46.8 Å².